The number of esters is 1. The van der Waals surface area contributed by atoms with Gasteiger partial charge in [-0.05, 0) is 43.7 Å². The van der Waals surface area contributed by atoms with Gasteiger partial charge in [0.1, 0.15) is 29.5 Å². The highest BCUT2D eigenvalue weighted by molar-refractivity contribution is 8.72. The van der Waals surface area contributed by atoms with Gasteiger partial charge in [-0.1, -0.05) is 66.2 Å². The third-order valence-corrected chi connectivity index (χ3v) is 9.71. The summed E-state index contributed by atoms with van der Waals surface area (Å²) in [6.07, 6.45) is 0. The van der Waals surface area contributed by atoms with Crippen molar-refractivity contribution >= 4 is 37.4 Å². The predicted molar refractivity (Wildman–Crippen MR) is 152 cm³/mol. The van der Waals surface area contributed by atoms with Crippen LogP contribution < -0.4 is 10.1 Å². The van der Waals surface area contributed by atoms with Crippen molar-refractivity contribution in [1.82, 2.24) is 10.2 Å². The molecule has 0 spiro atoms. The van der Waals surface area contributed by atoms with Gasteiger partial charge < -0.3 is 19.9 Å². The van der Waals surface area contributed by atoms with Crippen molar-refractivity contribution in [1.29, 1.82) is 0 Å². The number of carbonyl (C=O) groups excluding carboxylic acids is 3. The van der Waals surface area contributed by atoms with Crippen molar-refractivity contribution in [3.8, 4) is 5.75 Å². The molecule has 0 radical (unpaired) electrons. The number of aryl methyl sites for hydroxylation is 1. The molecule has 2 N–H and O–H groups in total. The molecule has 1 aliphatic heterocycles. The summed E-state index contributed by atoms with van der Waals surface area (Å²) in [4.78, 5) is 39.8. The number of para-hydroxylation sites is 1. The number of benzene rings is 3. The Labute approximate surface area is 241 Å². The molecule has 4 rings (SSSR count). The summed E-state index contributed by atoms with van der Waals surface area (Å²) < 4.78 is 37.4. The van der Waals surface area contributed by atoms with E-state index in [0.717, 1.165) is 10.5 Å². The second kappa shape index (κ2) is 12.9. The zero-order chi connectivity index (χ0) is 29.6. The molecule has 12 heteroatoms. The Kier molecular flexibility index (Phi) is 9.35. The van der Waals surface area contributed by atoms with Crippen LogP contribution in [0.5, 0.6) is 5.75 Å². The molecule has 1 heterocycles. The van der Waals surface area contributed by atoms with Gasteiger partial charge >= 0.3 is 5.97 Å². The molecule has 214 valence electrons. The summed E-state index contributed by atoms with van der Waals surface area (Å²) in [5, 5.41) is 11.6. The number of allylic oxidation sites excluding steroid dienone is 1. The Morgan fingerprint density at radius 2 is 1.59 bits per heavy atom. The van der Waals surface area contributed by atoms with Crippen molar-refractivity contribution in [3.63, 3.8) is 0 Å². The van der Waals surface area contributed by atoms with E-state index in [9.17, 15) is 27.9 Å². The van der Waals surface area contributed by atoms with Gasteiger partial charge in [-0.3, -0.25) is 14.5 Å². The molecule has 0 aliphatic carbocycles. The van der Waals surface area contributed by atoms with Gasteiger partial charge in [0.15, 0.2) is 12.3 Å². The maximum atomic E-state index is 13.3. The number of β-lactam (4-membered cyclic amide) rings is 1. The average molecular weight is 597 g/mol. The molecule has 0 saturated carbocycles. The maximum Gasteiger partial charge on any atom is 0.358 e. The summed E-state index contributed by atoms with van der Waals surface area (Å²) in [6.45, 7) is 2.41. The topological polar surface area (TPSA) is 139 Å². The van der Waals surface area contributed by atoms with E-state index in [-0.39, 0.29) is 11.5 Å². The summed E-state index contributed by atoms with van der Waals surface area (Å²) in [5.74, 6) is -2.62. The molecular weight excluding hydrogens is 568 g/mol. The summed E-state index contributed by atoms with van der Waals surface area (Å²) >= 11 is 0. The summed E-state index contributed by atoms with van der Waals surface area (Å²) in [6, 6.07) is 22.1. The SMILES string of the molecule is C/C(O)=C(/C(=O)OCc1ccccc1)N1C(=O)C(NC(=O)COc2ccccc2)C1SS(=O)(=O)c1ccc(C)cc1. The molecule has 1 aliphatic rings. The van der Waals surface area contributed by atoms with Crippen LogP contribution in [0.25, 0.3) is 0 Å². The predicted octanol–water partition coefficient (Wildman–Crippen LogP) is 3.68. The van der Waals surface area contributed by atoms with Crippen LogP contribution in [0.4, 0.5) is 0 Å². The first-order valence-corrected chi connectivity index (χ1v) is 15.4. The lowest BCUT2D eigenvalue weighted by atomic mass is 10.1. The van der Waals surface area contributed by atoms with E-state index in [1.165, 1.54) is 19.1 Å². The third kappa shape index (κ3) is 7.27. The Balaban J connectivity index is 1.56. The van der Waals surface area contributed by atoms with Crippen LogP contribution >= 0.6 is 10.8 Å². The first kappa shape index (κ1) is 29.7. The number of aliphatic hydroxyl groups is 1. The van der Waals surface area contributed by atoms with E-state index in [2.05, 4.69) is 5.32 Å². The number of nitrogens with one attached hydrogen (secondary N) is 1. The number of carbonyl (C=O) groups is 3. The lowest BCUT2D eigenvalue weighted by Crippen LogP contribution is -2.70. The molecule has 1 fully saturated rings. The largest absolute Gasteiger partial charge is 0.510 e. The van der Waals surface area contributed by atoms with Crippen LogP contribution in [-0.2, 0) is 34.6 Å². The van der Waals surface area contributed by atoms with E-state index in [1.54, 1.807) is 79.7 Å². The third-order valence-electron chi connectivity index (χ3n) is 6.00. The molecule has 2 unspecified atom stereocenters. The first-order chi connectivity index (χ1) is 19.6. The van der Waals surface area contributed by atoms with Crippen molar-refractivity contribution in [2.45, 2.75) is 36.8 Å². The first-order valence-electron chi connectivity index (χ1n) is 12.5. The monoisotopic (exact) mass is 596 g/mol. The lowest BCUT2D eigenvalue weighted by molar-refractivity contribution is -0.153. The molecule has 41 heavy (non-hydrogen) atoms. The minimum atomic E-state index is -4.07. The zero-order valence-electron chi connectivity index (χ0n) is 22.2. The van der Waals surface area contributed by atoms with E-state index >= 15 is 0 Å². The standard InChI is InChI=1S/C29H28N2O8S2/c1-19-13-15-23(16-14-19)41(36,37)40-28-25(30-24(33)18-38-22-11-7-4-8-12-22)27(34)31(28)26(20(2)32)29(35)39-17-21-9-5-3-6-10-21/h3-16,25,28,32H,17-18H2,1-2H3,(H,30,33)/b26-20+. The van der Waals surface area contributed by atoms with Crippen LogP contribution in [0, 0.1) is 6.92 Å². The normalized spacial score (nSPS) is 17.2. The van der Waals surface area contributed by atoms with Gasteiger partial charge in [0.05, 0.1) is 4.90 Å². The van der Waals surface area contributed by atoms with Crippen molar-refractivity contribution in [3.05, 3.63) is 108 Å². The van der Waals surface area contributed by atoms with Crippen molar-refractivity contribution < 1.29 is 37.4 Å². The van der Waals surface area contributed by atoms with E-state index in [4.69, 9.17) is 9.47 Å². The molecular formula is C29H28N2O8S2. The minimum Gasteiger partial charge on any atom is -0.510 e. The fraction of sp³-hybridized carbons (Fsp3) is 0.207. The highest BCUT2D eigenvalue weighted by Gasteiger charge is 2.54. The zero-order valence-corrected chi connectivity index (χ0v) is 23.9. The fourth-order valence-corrected chi connectivity index (χ4v) is 7.38. The number of aliphatic hydroxyl groups excluding tert-OH is 1. The lowest BCUT2D eigenvalue weighted by Gasteiger charge is -2.46. The number of amides is 2. The van der Waals surface area contributed by atoms with E-state index < -0.39 is 56.1 Å². The van der Waals surface area contributed by atoms with Crippen LogP contribution in [0.2, 0.25) is 0 Å². The van der Waals surface area contributed by atoms with E-state index in [1.807, 2.05) is 0 Å². The number of hydrogen-bond donors (Lipinski definition) is 2. The summed E-state index contributed by atoms with van der Waals surface area (Å²) in [7, 11) is -3.70. The van der Waals surface area contributed by atoms with Gasteiger partial charge in [-0.25, -0.2) is 13.2 Å². The molecule has 2 atom stereocenters. The number of rotatable bonds is 11. The van der Waals surface area contributed by atoms with Crippen LogP contribution in [0.3, 0.4) is 0 Å². The van der Waals surface area contributed by atoms with Crippen LogP contribution in [-0.4, -0.2) is 54.2 Å². The van der Waals surface area contributed by atoms with Crippen molar-refractivity contribution in [2.24, 2.45) is 0 Å². The summed E-state index contributed by atoms with van der Waals surface area (Å²) in [5.41, 5.74) is 0.996. The van der Waals surface area contributed by atoms with Crippen LogP contribution in [0.1, 0.15) is 18.1 Å². The second-order valence-electron chi connectivity index (χ2n) is 9.10. The smallest absolute Gasteiger partial charge is 0.358 e. The van der Waals surface area contributed by atoms with Gasteiger partial charge in [-0.2, -0.15) is 0 Å². The van der Waals surface area contributed by atoms with E-state index in [0.29, 0.717) is 22.1 Å². The second-order valence-corrected chi connectivity index (χ2v) is 13.1. The quantitative estimate of drug-likeness (QED) is 0.112. The molecule has 3 aromatic rings. The Hall–Kier alpha value is -4.29. The molecule has 10 nitrogen and oxygen atoms in total. The number of hydrogen-bond acceptors (Lipinski definition) is 9. The molecule has 2 amide bonds. The maximum absolute atomic E-state index is 13.3. The number of ether oxygens (including phenoxy) is 2. The number of likely N-dealkylation sites (tertiary alicyclic amines) is 1. The molecule has 0 bridgehead atoms. The Morgan fingerprint density at radius 1 is 0.976 bits per heavy atom. The van der Waals surface area contributed by atoms with Crippen molar-refractivity contribution in [2.75, 3.05) is 6.61 Å². The number of nitrogens with zero attached hydrogens (tertiary/aromatic N) is 1. The van der Waals surface area contributed by atoms with Gasteiger partial charge in [0.2, 0.25) is 8.87 Å². The van der Waals surface area contributed by atoms with Crippen LogP contribution in [0.15, 0.2) is 101 Å². The molecule has 3 aromatic carbocycles. The highest BCUT2D eigenvalue weighted by Crippen LogP contribution is 2.40. The molecule has 1 saturated heterocycles. The fourth-order valence-electron chi connectivity index (χ4n) is 3.92. The van der Waals surface area contributed by atoms with Gasteiger partial charge in [-0.15, -0.1) is 0 Å². The highest BCUT2D eigenvalue weighted by atomic mass is 33.1. The van der Waals surface area contributed by atoms with Gasteiger partial charge in [0, 0.05) is 10.8 Å². The molecule has 0 aromatic heterocycles. The Morgan fingerprint density at radius 3 is 2.20 bits per heavy atom. The van der Waals surface area contributed by atoms with Gasteiger partial charge in [0.25, 0.3) is 11.8 Å². The Bertz CT molecular complexity index is 1540. The average Bonchev–Trinajstić information content (AvgIpc) is 2.96. The minimum absolute atomic E-state index is 0.0252.